The monoisotopic (exact) mass is 809 g/mol. The maximum Gasteiger partial charge on any atom is 0.472 e. The molecule has 0 aliphatic carbocycles. The molecule has 0 radical (unpaired) electrons. The summed E-state index contributed by atoms with van der Waals surface area (Å²) in [6, 6.07) is 9.66. The third-order valence-electron chi connectivity index (χ3n) is 9.18. The molecule has 8 amide bonds. The first-order valence-electron chi connectivity index (χ1n) is 18.8. The number of unbranched alkanes of at least 4 members (excludes halogenated alkanes) is 1. The minimum Gasteiger partial charge on any atom is -0.426 e. The normalized spacial score (nSPS) is 15.5. The van der Waals surface area contributed by atoms with Crippen LogP contribution in [0.4, 0.5) is 0 Å². The third-order valence-corrected chi connectivity index (χ3v) is 9.18. The molecule has 1 saturated heterocycles. The van der Waals surface area contributed by atoms with Crippen molar-refractivity contribution < 1.29 is 53.5 Å². The summed E-state index contributed by atoms with van der Waals surface area (Å²) in [6.45, 7) is 2.26. The number of nitrogens with two attached hydrogens (primary N) is 2. The van der Waals surface area contributed by atoms with E-state index in [2.05, 4.69) is 51.0 Å². The highest BCUT2D eigenvalue weighted by molar-refractivity contribution is 6.41. The van der Waals surface area contributed by atoms with Gasteiger partial charge < -0.3 is 63.4 Å². The summed E-state index contributed by atoms with van der Waals surface area (Å²) in [5.41, 5.74) is 14.3. The molecule has 1 aliphatic heterocycles. The SMILES string of the molecule is CCCCc1ccc(-c2ccc(C(=O)N[C@H](CO)C(=O)N[C@H](C)C(=O)NCC(=O)N3CCC[C@H]3C(=O)N[C@@H](N)C(=O)N[C@@H](CC(N)=O)C(=O)NCB(O)O)cc2)cc1. The summed E-state index contributed by atoms with van der Waals surface area (Å²) in [7, 11) is -1.91. The molecular weight excluding hydrogens is 757 g/mol. The summed E-state index contributed by atoms with van der Waals surface area (Å²) >= 11 is 0. The van der Waals surface area contributed by atoms with Gasteiger partial charge in [-0.2, -0.15) is 0 Å². The fourth-order valence-corrected chi connectivity index (χ4v) is 5.93. The quantitative estimate of drug-likeness (QED) is 0.0429. The molecule has 21 heteroatoms. The van der Waals surface area contributed by atoms with Crippen LogP contribution in [0.2, 0.25) is 0 Å². The minimum atomic E-state index is -1.91. The lowest BCUT2D eigenvalue weighted by atomic mass is 9.92. The number of hydrogen-bond donors (Lipinski definition) is 11. The van der Waals surface area contributed by atoms with Gasteiger partial charge in [0.25, 0.3) is 11.8 Å². The van der Waals surface area contributed by atoms with Crippen molar-refractivity contribution in [1.29, 1.82) is 0 Å². The molecule has 1 aliphatic rings. The molecule has 58 heavy (non-hydrogen) atoms. The Labute approximate surface area is 335 Å². The van der Waals surface area contributed by atoms with Crippen LogP contribution >= 0.6 is 0 Å². The van der Waals surface area contributed by atoms with Gasteiger partial charge in [-0.15, -0.1) is 0 Å². The van der Waals surface area contributed by atoms with E-state index < -0.39 is 111 Å². The maximum atomic E-state index is 13.1. The Morgan fingerprint density at radius 2 is 1.47 bits per heavy atom. The minimum absolute atomic E-state index is 0.130. The Bertz CT molecular complexity index is 1780. The average Bonchev–Trinajstić information content (AvgIpc) is 3.70. The summed E-state index contributed by atoms with van der Waals surface area (Å²) < 4.78 is 0. The summed E-state index contributed by atoms with van der Waals surface area (Å²) in [4.78, 5) is 102. The van der Waals surface area contributed by atoms with Crippen molar-refractivity contribution in [3.63, 3.8) is 0 Å². The smallest absolute Gasteiger partial charge is 0.426 e. The number of aryl methyl sites for hydroxylation is 1. The Kier molecular flexibility index (Phi) is 18.2. The van der Waals surface area contributed by atoms with Crippen LogP contribution in [0.25, 0.3) is 11.1 Å². The van der Waals surface area contributed by atoms with E-state index in [9.17, 15) is 43.5 Å². The zero-order valence-corrected chi connectivity index (χ0v) is 32.4. The summed E-state index contributed by atoms with van der Waals surface area (Å²) in [6.07, 6.45) is 0.790. The predicted octanol–water partition coefficient (Wildman–Crippen LogP) is -3.71. The zero-order valence-electron chi connectivity index (χ0n) is 32.4. The standard InChI is InChI=1S/C37H52BN9O11/c1-3-4-6-22-8-10-23(11-9-22)24-12-14-25(15-13-24)33(52)45-27(19-48)35(54)43-21(2)32(51)41-18-30(50)47-16-5-7-28(47)36(55)46-31(40)37(56)44-26(17-29(39)49)34(53)42-20-38(57)58/h8-15,21,26-28,31,48,57-58H,3-7,16-20,40H2,1-2H3,(H2,39,49)(H,41,51)(H,42,53)(H,43,54)(H,44,56)(H,45,52)(H,46,55)/t21-,26+,27-,28+,31-/m1/s1. The highest BCUT2D eigenvalue weighted by Crippen LogP contribution is 2.21. The lowest BCUT2D eigenvalue weighted by Gasteiger charge is -2.26. The maximum absolute atomic E-state index is 13.1. The van der Waals surface area contributed by atoms with Gasteiger partial charge in [-0.05, 0) is 61.4 Å². The number of carbonyl (C=O) groups excluding carboxylic acids is 8. The largest absolute Gasteiger partial charge is 0.472 e. The van der Waals surface area contributed by atoms with E-state index in [1.807, 2.05) is 12.1 Å². The molecule has 13 N–H and O–H groups in total. The molecule has 314 valence electrons. The molecule has 0 bridgehead atoms. The molecule has 0 aromatic heterocycles. The molecule has 3 rings (SSSR count). The van der Waals surface area contributed by atoms with E-state index in [1.54, 1.807) is 24.3 Å². The number of hydrogen-bond acceptors (Lipinski definition) is 12. The van der Waals surface area contributed by atoms with Crippen LogP contribution in [0.15, 0.2) is 48.5 Å². The van der Waals surface area contributed by atoms with Gasteiger partial charge in [-0.25, -0.2) is 0 Å². The second kappa shape index (κ2) is 22.7. The Hall–Kier alpha value is -5.90. The molecule has 0 unspecified atom stereocenters. The van der Waals surface area contributed by atoms with Crippen molar-refractivity contribution in [2.75, 3.05) is 26.1 Å². The Balaban J connectivity index is 1.48. The van der Waals surface area contributed by atoms with E-state index in [0.717, 1.165) is 30.4 Å². The van der Waals surface area contributed by atoms with Crippen molar-refractivity contribution in [2.24, 2.45) is 11.5 Å². The van der Waals surface area contributed by atoms with Crippen LogP contribution in [0.5, 0.6) is 0 Å². The van der Waals surface area contributed by atoms with Crippen molar-refractivity contribution in [3.05, 3.63) is 59.7 Å². The number of likely N-dealkylation sites (tertiary alicyclic amines) is 1. The number of carbonyl (C=O) groups is 8. The van der Waals surface area contributed by atoms with Crippen LogP contribution in [-0.4, -0.2) is 131 Å². The van der Waals surface area contributed by atoms with E-state index in [4.69, 9.17) is 21.5 Å². The topological polar surface area (TPSA) is 325 Å². The molecule has 1 heterocycles. The molecule has 0 saturated carbocycles. The number of aliphatic hydroxyl groups excluding tert-OH is 1. The zero-order chi connectivity index (χ0) is 42.9. The van der Waals surface area contributed by atoms with E-state index in [0.29, 0.717) is 6.42 Å². The summed E-state index contributed by atoms with van der Waals surface area (Å²) in [5, 5.41) is 41.5. The fraction of sp³-hybridized carbons (Fsp3) is 0.459. The first-order chi connectivity index (χ1) is 27.5. The molecule has 20 nitrogen and oxygen atoms in total. The second-order valence-corrected chi connectivity index (χ2v) is 13.7. The first-order valence-corrected chi connectivity index (χ1v) is 18.8. The molecule has 2 aromatic carbocycles. The van der Waals surface area contributed by atoms with Crippen molar-refractivity contribution >= 4 is 54.4 Å². The summed E-state index contributed by atoms with van der Waals surface area (Å²) in [5.74, 6) is -6.77. The third kappa shape index (κ3) is 14.2. The second-order valence-electron chi connectivity index (χ2n) is 13.7. The van der Waals surface area contributed by atoms with Crippen LogP contribution in [0, 0.1) is 0 Å². The van der Waals surface area contributed by atoms with E-state index in [1.165, 1.54) is 17.4 Å². The number of benzene rings is 2. The van der Waals surface area contributed by atoms with E-state index in [-0.39, 0.29) is 18.5 Å². The number of nitrogens with one attached hydrogen (secondary N) is 6. The highest BCUT2D eigenvalue weighted by atomic mass is 16.4. The van der Waals surface area contributed by atoms with Crippen LogP contribution in [0.3, 0.4) is 0 Å². The van der Waals surface area contributed by atoms with Crippen LogP contribution < -0.4 is 43.4 Å². The number of amides is 8. The van der Waals surface area contributed by atoms with Crippen molar-refractivity contribution in [2.45, 2.75) is 82.7 Å². The van der Waals surface area contributed by atoms with Gasteiger partial charge in [0.2, 0.25) is 35.4 Å². The lowest BCUT2D eigenvalue weighted by Crippen LogP contribution is -2.60. The van der Waals surface area contributed by atoms with Gasteiger partial charge in [0.1, 0.15) is 24.2 Å². The number of primary amides is 1. The number of nitrogens with zero attached hydrogens (tertiary/aromatic N) is 1. The van der Waals surface area contributed by atoms with Gasteiger partial charge in [0.15, 0.2) is 6.17 Å². The fourth-order valence-electron chi connectivity index (χ4n) is 5.93. The molecule has 0 spiro atoms. The number of rotatable bonds is 21. The average molecular weight is 810 g/mol. The van der Waals surface area contributed by atoms with Gasteiger partial charge in [-0.1, -0.05) is 49.7 Å². The van der Waals surface area contributed by atoms with E-state index >= 15 is 0 Å². The van der Waals surface area contributed by atoms with Gasteiger partial charge in [0.05, 0.1) is 26.0 Å². The van der Waals surface area contributed by atoms with Crippen LogP contribution in [0.1, 0.15) is 61.9 Å². The van der Waals surface area contributed by atoms with Gasteiger partial charge in [0, 0.05) is 12.1 Å². The molecular formula is C37H52BN9O11. The lowest BCUT2D eigenvalue weighted by molar-refractivity contribution is -0.140. The van der Waals surface area contributed by atoms with Crippen LogP contribution in [-0.2, 0) is 40.0 Å². The Morgan fingerprint density at radius 3 is 2.05 bits per heavy atom. The predicted molar refractivity (Wildman–Crippen MR) is 209 cm³/mol. The Morgan fingerprint density at radius 1 is 0.828 bits per heavy atom. The molecule has 5 atom stereocenters. The molecule has 1 fully saturated rings. The van der Waals surface area contributed by atoms with Gasteiger partial charge in [-0.3, -0.25) is 38.4 Å². The highest BCUT2D eigenvalue weighted by Gasteiger charge is 2.36. The number of aliphatic hydroxyl groups is 1. The van der Waals surface area contributed by atoms with Crippen molar-refractivity contribution in [3.8, 4) is 11.1 Å². The molecule has 2 aromatic rings. The first kappa shape index (κ1) is 46.5. The van der Waals surface area contributed by atoms with Crippen molar-refractivity contribution in [1.82, 2.24) is 36.8 Å². The van der Waals surface area contributed by atoms with Gasteiger partial charge >= 0.3 is 7.12 Å².